The predicted molar refractivity (Wildman–Crippen MR) is 98.6 cm³/mol. The Morgan fingerprint density at radius 3 is 2.58 bits per heavy atom. The number of anilines is 2. The number of carbonyl (C=O) groups is 1. The topological polar surface area (TPSA) is 45.2 Å². The van der Waals surface area contributed by atoms with Crippen LogP contribution in [0.2, 0.25) is 0 Å². The molecule has 1 fully saturated rings. The fraction of sp³-hybridized carbons (Fsp3) is 0.400. The largest absolute Gasteiger partial charge is 0.371 e. The lowest BCUT2D eigenvalue weighted by atomic mass is 9.99. The number of aromatic nitrogens is 1. The lowest BCUT2D eigenvalue weighted by molar-refractivity contribution is 0.102. The average molecular weight is 323 g/mol. The zero-order valence-electron chi connectivity index (χ0n) is 14.5. The van der Waals surface area contributed by atoms with Crippen molar-refractivity contribution < 1.29 is 4.79 Å². The molecule has 24 heavy (non-hydrogen) atoms. The van der Waals surface area contributed by atoms with Crippen LogP contribution in [-0.4, -0.2) is 24.0 Å². The number of hydrogen-bond acceptors (Lipinski definition) is 3. The molecule has 126 valence electrons. The first-order valence-electron chi connectivity index (χ1n) is 8.77. The van der Waals surface area contributed by atoms with Crippen molar-refractivity contribution in [2.45, 2.75) is 33.1 Å². The van der Waals surface area contributed by atoms with Gasteiger partial charge in [0.05, 0.1) is 0 Å². The van der Waals surface area contributed by atoms with Gasteiger partial charge in [0.1, 0.15) is 5.69 Å². The van der Waals surface area contributed by atoms with Gasteiger partial charge in [-0.2, -0.15) is 0 Å². The van der Waals surface area contributed by atoms with Crippen molar-refractivity contribution in [3.63, 3.8) is 0 Å². The molecule has 4 nitrogen and oxygen atoms in total. The fourth-order valence-corrected chi connectivity index (χ4v) is 3.03. The molecule has 1 amide bonds. The Balaban J connectivity index is 1.69. The van der Waals surface area contributed by atoms with Gasteiger partial charge in [-0.3, -0.25) is 9.78 Å². The molecular weight excluding hydrogens is 298 g/mol. The van der Waals surface area contributed by atoms with Crippen LogP contribution in [0.5, 0.6) is 0 Å². The second kappa shape index (κ2) is 7.47. The highest BCUT2D eigenvalue weighted by molar-refractivity contribution is 6.03. The minimum atomic E-state index is -0.161. The van der Waals surface area contributed by atoms with E-state index in [4.69, 9.17) is 0 Å². The monoisotopic (exact) mass is 323 g/mol. The number of piperidine rings is 1. The van der Waals surface area contributed by atoms with Crippen molar-refractivity contribution in [3.8, 4) is 0 Å². The number of benzene rings is 1. The number of aryl methyl sites for hydroxylation is 1. The number of amides is 1. The van der Waals surface area contributed by atoms with Crippen LogP contribution in [0.1, 0.15) is 42.7 Å². The summed E-state index contributed by atoms with van der Waals surface area (Å²) in [6.07, 6.45) is 5.12. The first kappa shape index (κ1) is 16.5. The summed E-state index contributed by atoms with van der Waals surface area (Å²) in [4.78, 5) is 19.0. The highest BCUT2D eigenvalue weighted by Crippen LogP contribution is 2.23. The Hall–Kier alpha value is -2.36. The van der Waals surface area contributed by atoms with Gasteiger partial charge in [-0.1, -0.05) is 26.0 Å². The van der Waals surface area contributed by atoms with Crippen molar-refractivity contribution in [2.24, 2.45) is 5.92 Å². The highest BCUT2D eigenvalue weighted by atomic mass is 16.1. The third-order valence-corrected chi connectivity index (χ3v) is 4.74. The minimum absolute atomic E-state index is 0.161. The normalized spacial score (nSPS) is 15.3. The van der Waals surface area contributed by atoms with E-state index in [9.17, 15) is 4.79 Å². The van der Waals surface area contributed by atoms with Crippen molar-refractivity contribution in [1.82, 2.24) is 4.98 Å². The first-order valence-corrected chi connectivity index (χ1v) is 8.77. The van der Waals surface area contributed by atoms with Crippen LogP contribution in [0.15, 0.2) is 42.6 Å². The number of pyridine rings is 1. The Morgan fingerprint density at radius 1 is 1.21 bits per heavy atom. The van der Waals surface area contributed by atoms with E-state index in [0.29, 0.717) is 5.69 Å². The SMILES string of the molecule is CCc1ccc(NC(=O)c2cc(N3CCC(C)CC3)ccn2)cc1. The van der Waals surface area contributed by atoms with Gasteiger partial charge >= 0.3 is 0 Å². The molecule has 1 N–H and O–H groups in total. The molecule has 1 aromatic heterocycles. The molecule has 0 atom stereocenters. The quantitative estimate of drug-likeness (QED) is 0.920. The predicted octanol–water partition coefficient (Wildman–Crippen LogP) is 4.13. The number of rotatable bonds is 4. The lowest BCUT2D eigenvalue weighted by Gasteiger charge is -2.32. The van der Waals surface area contributed by atoms with Gasteiger partial charge < -0.3 is 10.2 Å². The van der Waals surface area contributed by atoms with Crippen molar-refractivity contribution in [3.05, 3.63) is 53.9 Å². The van der Waals surface area contributed by atoms with Crippen LogP contribution in [0.4, 0.5) is 11.4 Å². The van der Waals surface area contributed by atoms with Gasteiger partial charge in [0.15, 0.2) is 0 Å². The lowest BCUT2D eigenvalue weighted by Crippen LogP contribution is -2.33. The smallest absolute Gasteiger partial charge is 0.274 e. The number of nitrogens with zero attached hydrogens (tertiary/aromatic N) is 2. The Labute approximate surface area is 143 Å². The molecule has 0 spiro atoms. The summed E-state index contributed by atoms with van der Waals surface area (Å²) in [5.41, 5.74) is 3.61. The van der Waals surface area contributed by atoms with E-state index in [1.165, 1.54) is 18.4 Å². The summed E-state index contributed by atoms with van der Waals surface area (Å²) < 4.78 is 0. The maximum Gasteiger partial charge on any atom is 0.274 e. The molecule has 1 aliphatic rings. The summed E-state index contributed by atoms with van der Waals surface area (Å²) in [6.45, 7) is 6.51. The molecule has 0 saturated carbocycles. The zero-order valence-corrected chi connectivity index (χ0v) is 14.5. The van der Waals surface area contributed by atoms with Crippen LogP contribution >= 0.6 is 0 Å². The third-order valence-electron chi connectivity index (χ3n) is 4.74. The molecule has 0 unspecified atom stereocenters. The van der Waals surface area contributed by atoms with E-state index < -0.39 is 0 Å². The van der Waals surface area contributed by atoms with Crippen LogP contribution in [0.3, 0.4) is 0 Å². The van der Waals surface area contributed by atoms with Gasteiger partial charge in [-0.25, -0.2) is 0 Å². The van der Waals surface area contributed by atoms with Gasteiger partial charge in [0, 0.05) is 30.7 Å². The van der Waals surface area contributed by atoms with Crippen molar-refractivity contribution in [2.75, 3.05) is 23.3 Å². The van der Waals surface area contributed by atoms with Crippen molar-refractivity contribution in [1.29, 1.82) is 0 Å². The number of nitrogens with one attached hydrogen (secondary N) is 1. The second-order valence-electron chi connectivity index (χ2n) is 6.57. The van der Waals surface area contributed by atoms with E-state index in [2.05, 4.69) is 29.0 Å². The summed E-state index contributed by atoms with van der Waals surface area (Å²) in [7, 11) is 0. The van der Waals surface area contributed by atoms with Gasteiger partial charge in [-0.05, 0) is 55.0 Å². The van der Waals surface area contributed by atoms with Crippen molar-refractivity contribution >= 4 is 17.3 Å². The Kier molecular flexibility index (Phi) is 5.14. The van der Waals surface area contributed by atoms with E-state index >= 15 is 0 Å². The fourth-order valence-electron chi connectivity index (χ4n) is 3.03. The summed E-state index contributed by atoms with van der Waals surface area (Å²) in [5, 5.41) is 2.93. The molecule has 0 radical (unpaired) electrons. The van der Waals surface area contributed by atoms with E-state index in [-0.39, 0.29) is 5.91 Å². The van der Waals surface area contributed by atoms with Crippen LogP contribution in [0.25, 0.3) is 0 Å². The number of hydrogen-bond donors (Lipinski definition) is 1. The van der Waals surface area contributed by atoms with Crippen LogP contribution in [-0.2, 0) is 6.42 Å². The Morgan fingerprint density at radius 2 is 1.92 bits per heavy atom. The van der Waals surface area contributed by atoms with E-state index in [1.54, 1.807) is 6.20 Å². The third kappa shape index (κ3) is 3.94. The molecule has 0 aliphatic carbocycles. The minimum Gasteiger partial charge on any atom is -0.371 e. The average Bonchev–Trinajstić information content (AvgIpc) is 2.63. The van der Waals surface area contributed by atoms with Gasteiger partial charge in [0.2, 0.25) is 0 Å². The number of carbonyl (C=O) groups excluding carboxylic acids is 1. The zero-order chi connectivity index (χ0) is 16.9. The molecule has 3 rings (SSSR count). The van der Waals surface area contributed by atoms with Crippen LogP contribution in [0, 0.1) is 5.92 Å². The molecule has 1 saturated heterocycles. The Bertz CT molecular complexity index is 688. The van der Waals surface area contributed by atoms with Gasteiger partial charge in [0.25, 0.3) is 5.91 Å². The maximum absolute atomic E-state index is 12.5. The first-order chi connectivity index (χ1) is 11.7. The summed E-state index contributed by atoms with van der Waals surface area (Å²) >= 11 is 0. The van der Waals surface area contributed by atoms with Gasteiger partial charge in [-0.15, -0.1) is 0 Å². The second-order valence-corrected chi connectivity index (χ2v) is 6.57. The van der Waals surface area contributed by atoms with E-state index in [1.807, 2.05) is 36.4 Å². The summed E-state index contributed by atoms with van der Waals surface area (Å²) in [5.74, 6) is 0.628. The molecule has 2 aromatic rings. The van der Waals surface area contributed by atoms with E-state index in [0.717, 1.165) is 36.8 Å². The maximum atomic E-state index is 12.5. The van der Waals surface area contributed by atoms with Crippen LogP contribution < -0.4 is 10.2 Å². The molecular formula is C20H25N3O. The highest BCUT2D eigenvalue weighted by Gasteiger charge is 2.17. The molecule has 4 heteroatoms. The molecule has 1 aliphatic heterocycles. The standard InChI is InChI=1S/C20H25N3O/c1-3-16-4-6-17(7-5-16)22-20(24)19-14-18(8-11-21-19)23-12-9-15(2)10-13-23/h4-8,11,14-15H,3,9-10,12-13H2,1-2H3,(H,22,24). The molecule has 2 heterocycles. The molecule has 0 bridgehead atoms. The molecule has 1 aromatic carbocycles. The summed E-state index contributed by atoms with van der Waals surface area (Å²) in [6, 6.07) is 11.8.